The molecule has 1 aliphatic heterocycles. The first kappa shape index (κ1) is 19.7. The maximum Gasteiger partial charge on any atom is 0.338 e. The van der Waals surface area contributed by atoms with E-state index < -0.39 is 0 Å². The molecule has 152 valence electrons. The lowest BCUT2D eigenvalue weighted by molar-refractivity contribution is 0.0526. The van der Waals surface area contributed by atoms with Gasteiger partial charge in [-0.3, -0.25) is 4.90 Å². The van der Waals surface area contributed by atoms with Gasteiger partial charge >= 0.3 is 12.0 Å². The summed E-state index contributed by atoms with van der Waals surface area (Å²) in [5.41, 5.74) is 4.68. The molecule has 2 amide bonds. The normalized spacial score (nSPS) is 13.6. The summed E-state index contributed by atoms with van der Waals surface area (Å²) in [5, 5.41) is 0. The van der Waals surface area contributed by atoms with Crippen molar-refractivity contribution in [1.29, 1.82) is 0 Å². The van der Waals surface area contributed by atoms with Crippen LogP contribution in [0.3, 0.4) is 0 Å². The van der Waals surface area contributed by atoms with E-state index in [2.05, 4.69) is 24.3 Å². The smallest absolute Gasteiger partial charge is 0.338 e. The predicted molar refractivity (Wildman–Crippen MR) is 117 cm³/mol. The van der Waals surface area contributed by atoms with Gasteiger partial charge in [-0.2, -0.15) is 0 Å². The lowest BCUT2D eigenvalue weighted by Crippen LogP contribution is -2.31. The highest BCUT2D eigenvalue weighted by molar-refractivity contribution is 5.95. The number of nitrogens with zero attached hydrogens (tertiary/aromatic N) is 2. The van der Waals surface area contributed by atoms with Crippen molar-refractivity contribution in [2.24, 2.45) is 0 Å². The molecule has 0 N–H and O–H groups in total. The van der Waals surface area contributed by atoms with Crippen molar-refractivity contribution >= 4 is 17.7 Å². The van der Waals surface area contributed by atoms with Crippen LogP contribution in [0.15, 0.2) is 78.9 Å². The van der Waals surface area contributed by atoms with Crippen molar-refractivity contribution in [3.63, 3.8) is 0 Å². The Bertz CT molecular complexity index is 1030. The summed E-state index contributed by atoms with van der Waals surface area (Å²) in [7, 11) is 0. The Hall–Kier alpha value is -3.60. The van der Waals surface area contributed by atoms with Gasteiger partial charge in [0.05, 0.1) is 12.2 Å². The van der Waals surface area contributed by atoms with Crippen LogP contribution in [-0.4, -0.2) is 36.6 Å². The SMILES string of the molecule is CCOC(=O)c1ccc(N2CCN(Cc3ccccc3-c3ccccc3)C2=O)cc1. The van der Waals surface area contributed by atoms with Crippen LogP contribution < -0.4 is 4.90 Å². The van der Waals surface area contributed by atoms with Gasteiger partial charge in [0.25, 0.3) is 0 Å². The van der Waals surface area contributed by atoms with Crippen molar-refractivity contribution in [3.05, 3.63) is 90.0 Å². The molecule has 4 rings (SSSR count). The maximum atomic E-state index is 13.0. The molecule has 1 saturated heterocycles. The standard InChI is InChI=1S/C25H24N2O3/c1-2-30-24(28)20-12-14-22(15-13-20)27-17-16-26(25(27)29)18-21-10-6-7-11-23(21)19-8-4-3-5-9-19/h3-15H,2,16-18H2,1H3. The van der Waals surface area contributed by atoms with Gasteiger partial charge in [-0.05, 0) is 47.9 Å². The lowest BCUT2D eigenvalue weighted by Gasteiger charge is -2.20. The number of urea groups is 1. The van der Waals surface area contributed by atoms with E-state index in [-0.39, 0.29) is 12.0 Å². The van der Waals surface area contributed by atoms with Gasteiger partial charge in [-0.15, -0.1) is 0 Å². The molecule has 0 saturated carbocycles. The van der Waals surface area contributed by atoms with Crippen LogP contribution in [-0.2, 0) is 11.3 Å². The number of anilines is 1. The average molecular weight is 400 g/mol. The molecule has 0 bridgehead atoms. The molecule has 1 aliphatic rings. The Kier molecular flexibility index (Phi) is 5.80. The summed E-state index contributed by atoms with van der Waals surface area (Å²) in [6.07, 6.45) is 0. The molecular weight excluding hydrogens is 376 g/mol. The first-order valence-electron chi connectivity index (χ1n) is 10.1. The number of carbonyl (C=O) groups is 2. The predicted octanol–water partition coefficient (Wildman–Crippen LogP) is 4.97. The third-order valence-electron chi connectivity index (χ3n) is 5.25. The Morgan fingerprint density at radius 1 is 0.900 bits per heavy atom. The summed E-state index contributed by atoms with van der Waals surface area (Å²) in [6, 6.07) is 25.4. The quantitative estimate of drug-likeness (QED) is 0.549. The number of hydrogen-bond acceptors (Lipinski definition) is 3. The van der Waals surface area contributed by atoms with E-state index in [1.807, 2.05) is 35.2 Å². The molecule has 0 atom stereocenters. The van der Waals surface area contributed by atoms with E-state index in [0.717, 1.165) is 22.4 Å². The molecule has 30 heavy (non-hydrogen) atoms. The second-order valence-electron chi connectivity index (χ2n) is 7.15. The molecule has 5 nitrogen and oxygen atoms in total. The fourth-order valence-corrected chi connectivity index (χ4v) is 3.72. The van der Waals surface area contributed by atoms with Gasteiger partial charge in [0.1, 0.15) is 0 Å². The van der Waals surface area contributed by atoms with Crippen molar-refractivity contribution in [1.82, 2.24) is 4.90 Å². The van der Waals surface area contributed by atoms with Crippen molar-refractivity contribution in [2.75, 3.05) is 24.6 Å². The van der Waals surface area contributed by atoms with Crippen LogP contribution in [0.2, 0.25) is 0 Å². The second-order valence-corrected chi connectivity index (χ2v) is 7.15. The van der Waals surface area contributed by atoms with Crippen molar-refractivity contribution in [3.8, 4) is 11.1 Å². The van der Waals surface area contributed by atoms with Gasteiger partial charge in [0, 0.05) is 25.3 Å². The van der Waals surface area contributed by atoms with Crippen LogP contribution in [0.1, 0.15) is 22.8 Å². The second kappa shape index (κ2) is 8.82. The third kappa shape index (κ3) is 4.06. The molecule has 0 aromatic heterocycles. The largest absolute Gasteiger partial charge is 0.462 e. The van der Waals surface area contributed by atoms with E-state index in [4.69, 9.17) is 4.74 Å². The minimum atomic E-state index is -0.351. The number of carbonyl (C=O) groups excluding carboxylic acids is 2. The van der Waals surface area contributed by atoms with Crippen LogP contribution >= 0.6 is 0 Å². The molecule has 0 unspecified atom stereocenters. The summed E-state index contributed by atoms with van der Waals surface area (Å²) in [6.45, 7) is 3.94. The summed E-state index contributed by atoms with van der Waals surface area (Å²) < 4.78 is 5.02. The molecule has 0 radical (unpaired) electrons. The maximum absolute atomic E-state index is 13.0. The first-order valence-corrected chi connectivity index (χ1v) is 10.1. The summed E-state index contributed by atoms with van der Waals surface area (Å²) in [5.74, 6) is -0.351. The molecule has 0 spiro atoms. The topological polar surface area (TPSA) is 49.9 Å². The molecule has 3 aromatic carbocycles. The van der Waals surface area contributed by atoms with Crippen LogP contribution in [0.4, 0.5) is 10.5 Å². The molecule has 1 fully saturated rings. The first-order chi connectivity index (χ1) is 14.7. The Labute approximate surface area is 176 Å². The van der Waals surface area contributed by atoms with Gasteiger partial charge < -0.3 is 9.64 Å². The van der Waals surface area contributed by atoms with E-state index in [9.17, 15) is 9.59 Å². The average Bonchev–Trinajstić information content (AvgIpc) is 3.15. The minimum absolute atomic E-state index is 0.0262. The van der Waals surface area contributed by atoms with Crippen molar-refractivity contribution < 1.29 is 14.3 Å². The zero-order chi connectivity index (χ0) is 20.9. The molecular formula is C25H24N2O3. The Balaban J connectivity index is 1.49. The number of ether oxygens (including phenoxy) is 1. The van der Waals surface area contributed by atoms with Crippen LogP contribution in [0.25, 0.3) is 11.1 Å². The van der Waals surface area contributed by atoms with Crippen LogP contribution in [0.5, 0.6) is 0 Å². The van der Waals surface area contributed by atoms with E-state index in [0.29, 0.717) is 31.8 Å². The monoisotopic (exact) mass is 400 g/mol. The fourth-order valence-electron chi connectivity index (χ4n) is 3.72. The number of benzene rings is 3. The van der Waals surface area contributed by atoms with Crippen LogP contribution in [0, 0.1) is 0 Å². The van der Waals surface area contributed by atoms with E-state index in [1.54, 1.807) is 36.1 Å². The summed E-state index contributed by atoms with van der Waals surface area (Å²) >= 11 is 0. The number of rotatable bonds is 6. The fraction of sp³-hybridized carbons (Fsp3) is 0.200. The molecule has 0 aliphatic carbocycles. The van der Waals surface area contributed by atoms with Gasteiger partial charge in [0.15, 0.2) is 0 Å². The van der Waals surface area contributed by atoms with Gasteiger partial charge in [-0.1, -0.05) is 54.6 Å². The van der Waals surface area contributed by atoms with Gasteiger partial charge in [-0.25, -0.2) is 9.59 Å². The Morgan fingerprint density at radius 3 is 2.33 bits per heavy atom. The van der Waals surface area contributed by atoms with E-state index >= 15 is 0 Å². The Morgan fingerprint density at radius 2 is 1.60 bits per heavy atom. The zero-order valence-electron chi connectivity index (χ0n) is 17.0. The van der Waals surface area contributed by atoms with Gasteiger partial charge in [0.2, 0.25) is 0 Å². The van der Waals surface area contributed by atoms with E-state index in [1.165, 1.54) is 0 Å². The highest BCUT2D eigenvalue weighted by Gasteiger charge is 2.30. The summed E-state index contributed by atoms with van der Waals surface area (Å²) in [4.78, 5) is 28.5. The highest BCUT2D eigenvalue weighted by atomic mass is 16.5. The zero-order valence-corrected chi connectivity index (χ0v) is 17.0. The lowest BCUT2D eigenvalue weighted by atomic mass is 9.99. The molecule has 1 heterocycles. The number of esters is 1. The molecule has 5 heteroatoms. The highest BCUT2D eigenvalue weighted by Crippen LogP contribution is 2.27. The third-order valence-corrected chi connectivity index (χ3v) is 5.25. The number of amides is 2. The minimum Gasteiger partial charge on any atom is -0.462 e. The van der Waals surface area contributed by atoms with Crippen molar-refractivity contribution in [2.45, 2.75) is 13.5 Å². The number of hydrogen-bond donors (Lipinski definition) is 0. The molecule has 3 aromatic rings.